The van der Waals surface area contributed by atoms with Crippen molar-refractivity contribution >= 4 is 33.7 Å². The minimum absolute atomic E-state index is 0.612. The smallest absolute Gasteiger partial charge is 0.161 e. The Balaban J connectivity index is 1.86. The van der Waals surface area contributed by atoms with E-state index in [1.54, 1.807) is 18.4 Å². The molecule has 4 heteroatoms. The second kappa shape index (κ2) is 6.62. The van der Waals surface area contributed by atoms with Gasteiger partial charge in [0, 0.05) is 0 Å². The number of methoxy groups -OCH3 is 1. The maximum absolute atomic E-state index is 5.60. The van der Waals surface area contributed by atoms with Crippen LogP contribution in [0.2, 0.25) is 0 Å². The van der Waals surface area contributed by atoms with E-state index in [2.05, 4.69) is 11.1 Å². The molecule has 0 aliphatic carbocycles. The molecule has 0 unspecified atom stereocenters. The van der Waals surface area contributed by atoms with Crippen LogP contribution < -0.4 is 9.47 Å². The first-order chi connectivity index (χ1) is 10.8. The average Bonchev–Trinajstić information content (AvgIpc) is 2.96. The monoisotopic (exact) mass is 311 g/mol. The molecule has 0 saturated carbocycles. The largest absolute Gasteiger partial charge is 0.493 e. The van der Waals surface area contributed by atoms with Gasteiger partial charge in [-0.2, -0.15) is 0 Å². The maximum atomic E-state index is 5.60. The first-order valence-corrected chi connectivity index (χ1v) is 7.96. The van der Waals surface area contributed by atoms with Gasteiger partial charge < -0.3 is 9.47 Å². The number of aromatic nitrogens is 1. The van der Waals surface area contributed by atoms with E-state index in [0.29, 0.717) is 6.61 Å². The highest BCUT2D eigenvalue weighted by Crippen LogP contribution is 2.29. The molecule has 22 heavy (non-hydrogen) atoms. The van der Waals surface area contributed by atoms with Crippen LogP contribution >= 0.6 is 11.3 Å². The molecule has 0 amide bonds. The summed E-state index contributed by atoms with van der Waals surface area (Å²) in [5.41, 5.74) is 2.10. The Morgan fingerprint density at radius 3 is 2.73 bits per heavy atom. The zero-order valence-corrected chi connectivity index (χ0v) is 13.4. The van der Waals surface area contributed by atoms with Crippen LogP contribution in [0.25, 0.3) is 22.4 Å². The van der Waals surface area contributed by atoms with Crippen molar-refractivity contribution in [3.63, 3.8) is 0 Å². The first-order valence-electron chi connectivity index (χ1n) is 7.14. The Morgan fingerprint density at radius 1 is 1.09 bits per heavy atom. The quantitative estimate of drug-likeness (QED) is 0.673. The number of benzene rings is 2. The van der Waals surface area contributed by atoms with Crippen LogP contribution in [0.1, 0.15) is 17.5 Å². The van der Waals surface area contributed by atoms with Gasteiger partial charge in [0.15, 0.2) is 11.5 Å². The highest BCUT2D eigenvalue weighted by molar-refractivity contribution is 7.19. The van der Waals surface area contributed by atoms with Gasteiger partial charge in [0.1, 0.15) is 5.01 Å². The van der Waals surface area contributed by atoms with Crippen LogP contribution in [0.15, 0.2) is 42.5 Å². The molecular weight excluding hydrogens is 294 g/mol. The van der Waals surface area contributed by atoms with Gasteiger partial charge >= 0.3 is 0 Å². The molecule has 0 bridgehead atoms. The topological polar surface area (TPSA) is 31.4 Å². The molecule has 0 N–H and O–H groups in total. The zero-order chi connectivity index (χ0) is 15.4. The lowest BCUT2D eigenvalue weighted by Crippen LogP contribution is -1.95. The van der Waals surface area contributed by atoms with E-state index >= 15 is 0 Å². The summed E-state index contributed by atoms with van der Waals surface area (Å²) in [7, 11) is 1.65. The number of nitrogens with zero attached hydrogens (tertiary/aromatic N) is 1. The molecule has 112 valence electrons. The molecule has 2 aromatic carbocycles. The van der Waals surface area contributed by atoms with Crippen LogP contribution in [0, 0.1) is 0 Å². The maximum Gasteiger partial charge on any atom is 0.161 e. The van der Waals surface area contributed by atoms with Crippen LogP contribution in [0.3, 0.4) is 0 Å². The highest BCUT2D eigenvalue weighted by atomic mass is 32.1. The third-order valence-electron chi connectivity index (χ3n) is 3.22. The van der Waals surface area contributed by atoms with E-state index < -0.39 is 0 Å². The molecule has 3 rings (SSSR count). The fourth-order valence-corrected chi connectivity index (χ4v) is 3.06. The summed E-state index contributed by atoms with van der Waals surface area (Å²) < 4.78 is 12.1. The van der Waals surface area contributed by atoms with Crippen molar-refractivity contribution in [2.45, 2.75) is 6.92 Å². The van der Waals surface area contributed by atoms with Crippen LogP contribution in [0.4, 0.5) is 0 Å². The predicted molar refractivity (Wildman–Crippen MR) is 92.7 cm³/mol. The van der Waals surface area contributed by atoms with Gasteiger partial charge in [0.05, 0.1) is 23.9 Å². The molecule has 0 aliphatic rings. The van der Waals surface area contributed by atoms with Gasteiger partial charge in [0.25, 0.3) is 0 Å². The molecule has 1 heterocycles. The van der Waals surface area contributed by atoms with Crippen molar-refractivity contribution in [1.82, 2.24) is 4.98 Å². The SMILES string of the molecule is CCOc1cc(C=Cc2nc3ccccc3s2)ccc1OC. The van der Waals surface area contributed by atoms with Crippen LogP contribution in [-0.4, -0.2) is 18.7 Å². The number of rotatable bonds is 5. The van der Waals surface area contributed by atoms with E-state index in [4.69, 9.17) is 9.47 Å². The number of para-hydroxylation sites is 1. The summed E-state index contributed by atoms with van der Waals surface area (Å²) >= 11 is 1.68. The molecule has 0 spiro atoms. The lowest BCUT2D eigenvalue weighted by molar-refractivity contribution is 0.311. The minimum atomic E-state index is 0.612. The first kappa shape index (κ1) is 14.6. The van der Waals surface area contributed by atoms with Crippen molar-refractivity contribution in [2.75, 3.05) is 13.7 Å². The lowest BCUT2D eigenvalue weighted by atomic mass is 10.2. The molecule has 3 aromatic rings. The molecule has 3 nitrogen and oxygen atoms in total. The van der Waals surface area contributed by atoms with Crippen molar-refractivity contribution < 1.29 is 9.47 Å². The Hall–Kier alpha value is -2.33. The summed E-state index contributed by atoms with van der Waals surface area (Å²) in [6.07, 6.45) is 4.07. The summed E-state index contributed by atoms with van der Waals surface area (Å²) in [5.74, 6) is 1.51. The lowest BCUT2D eigenvalue weighted by Gasteiger charge is -2.09. The number of hydrogen-bond donors (Lipinski definition) is 0. The van der Waals surface area contributed by atoms with E-state index in [1.165, 1.54) is 4.70 Å². The number of hydrogen-bond acceptors (Lipinski definition) is 4. The van der Waals surface area contributed by atoms with E-state index in [9.17, 15) is 0 Å². The summed E-state index contributed by atoms with van der Waals surface area (Å²) in [6, 6.07) is 14.1. The molecule has 0 atom stereocenters. The number of thiazole rings is 1. The van der Waals surface area contributed by atoms with Gasteiger partial charge in [-0.15, -0.1) is 11.3 Å². The normalized spacial score (nSPS) is 11.2. The van der Waals surface area contributed by atoms with E-state index in [0.717, 1.165) is 27.6 Å². The Bertz CT molecular complexity index is 775. The zero-order valence-electron chi connectivity index (χ0n) is 12.6. The third-order valence-corrected chi connectivity index (χ3v) is 4.22. The molecule has 1 aromatic heterocycles. The minimum Gasteiger partial charge on any atom is -0.493 e. The Kier molecular flexibility index (Phi) is 4.39. The fourth-order valence-electron chi connectivity index (χ4n) is 2.19. The molecule has 0 radical (unpaired) electrons. The van der Waals surface area contributed by atoms with Gasteiger partial charge in [-0.25, -0.2) is 4.98 Å². The average molecular weight is 311 g/mol. The second-order valence-corrected chi connectivity index (χ2v) is 5.76. The summed E-state index contributed by atoms with van der Waals surface area (Å²) in [4.78, 5) is 4.60. The van der Waals surface area contributed by atoms with Crippen molar-refractivity contribution in [2.24, 2.45) is 0 Å². The second-order valence-electron chi connectivity index (χ2n) is 4.70. The molecular formula is C18H17NO2S. The van der Waals surface area contributed by atoms with E-state index in [1.807, 2.05) is 55.5 Å². The fraction of sp³-hybridized carbons (Fsp3) is 0.167. The Labute approximate surface area is 133 Å². The molecule has 0 fully saturated rings. The molecule has 0 saturated heterocycles. The number of ether oxygens (including phenoxy) is 2. The molecule has 0 aliphatic heterocycles. The Morgan fingerprint density at radius 2 is 1.95 bits per heavy atom. The van der Waals surface area contributed by atoms with Gasteiger partial charge in [-0.1, -0.05) is 24.3 Å². The van der Waals surface area contributed by atoms with Gasteiger partial charge in [-0.05, 0) is 42.8 Å². The predicted octanol–water partition coefficient (Wildman–Crippen LogP) is 4.87. The van der Waals surface area contributed by atoms with Crippen molar-refractivity contribution in [3.8, 4) is 11.5 Å². The highest BCUT2D eigenvalue weighted by Gasteiger charge is 2.04. The standard InChI is InChI=1S/C18H17NO2S/c1-3-21-16-12-13(8-10-15(16)20-2)9-11-18-19-14-6-4-5-7-17(14)22-18/h4-12H,3H2,1-2H3. The van der Waals surface area contributed by atoms with E-state index in [-0.39, 0.29) is 0 Å². The number of fused-ring (bicyclic) bond motifs is 1. The van der Waals surface area contributed by atoms with Gasteiger partial charge in [0.2, 0.25) is 0 Å². The summed E-state index contributed by atoms with van der Waals surface area (Å²) in [5, 5.41) is 0.995. The van der Waals surface area contributed by atoms with Crippen LogP contribution in [0.5, 0.6) is 11.5 Å². The van der Waals surface area contributed by atoms with Crippen molar-refractivity contribution in [1.29, 1.82) is 0 Å². The van der Waals surface area contributed by atoms with Crippen LogP contribution in [-0.2, 0) is 0 Å². The van der Waals surface area contributed by atoms with Crippen molar-refractivity contribution in [3.05, 3.63) is 53.0 Å². The summed E-state index contributed by atoms with van der Waals surface area (Å²) in [6.45, 7) is 2.57. The van der Waals surface area contributed by atoms with Gasteiger partial charge in [-0.3, -0.25) is 0 Å². The third kappa shape index (κ3) is 3.12.